The first-order valence-electron chi connectivity index (χ1n) is 10.4. The average molecular weight is 430 g/mol. The molecule has 3 N–H and O–H groups in total. The van der Waals surface area contributed by atoms with E-state index < -0.39 is 6.09 Å². The third-order valence-electron chi connectivity index (χ3n) is 5.63. The summed E-state index contributed by atoms with van der Waals surface area (Å²) in [6.45, 7) is 0.638. The summed E-state index contributed by atoms with van der Waals surface area (Å²) in [6, 6.07) is 24.4. The monoisotopic (exact) mass is 429 g/mol. The van der Waals surface area contributed by atoms with Crippen molar-refractivity contribution in [3.8, 4) is 11.1 Å². The van der Waals surface area contributed by atoms with Gasteiger partial charge in [0, 0.05) is 24.9 Å². The highest BCUT2D eigenvalue weighted by atomic mass is 32.1. The fourth-order valence-corrected chi connectivity index (χ4v) is 5.23. The Morgan fingerprint density at radius 3 is 2.35 bits per heavy atom. The van der Waals surface area contributed by atoms with Gasteiger partial charge in [0.05, 0.1) is 15.2 Å². The number of para-hydroxylation sites is 1. The fourth-order valence-electron chi connectivity index (χ4n) is 4.17. The first-order valence-corrected chi connectivity index (χ1v) is 11.2. The molecule has 0 saturated heterocycles. The van der Waals surface area contributed by atoms with Gasteiger partial charge in [-0.1, -0.05) is 60.7 Å². The predicted octanol–water partition coefficient (Wildman–Crippen LogP) is 4.70. The number of amides is 1. The van der Waals surface area contributed by atoms with Gasteiger partial charge in [-0.3, -0.25) is 0 Å². The van der Waals surface area contributed by atoms with E-state index in [0.717, 1.165) is 15.2 Å². The lowest BCUT2D eigenvalue weighted by atomic mass is 9.98. The molecule has 6 heteroatoms. The number of alkyl carbamates (subject to hydrolysis) is 1. The van der Waals surface area contributed by atoms with Crippen molar-refractivity contribution >= 4 is 27.6 Å². The molecule has 5 rings (SSSR count). The number of aromatic nitrogens is 1. The molecule has 0 spiro atoms. The average Bonchev–Trinajstić information content (AvgIpc) is 3.34. The van der Waals surface area contributed by atoms with E-state index in [9.17, 15) is 4.79 Å². The molecule has 1 aromatic heterocycles. The van der Waals surface area contributed by atoms with Gasteiger partial charge in [-0.25, -0.2) is 9.78 Å². The third kappa shape index (κ3) is 4.04. The van der Waals surface area contributed by atoms with Crippen LogP contribution in [0.15, 0.2) is 72.8 Å². The number of nitrogens with two attached hydrogens (primary N) is 1. The van der Waals surface area contributed by atoms with Crippen LogP contribution < -0.4 is 11.1 Å². The molecule has 0 radical (unpaired) electrons. The Morgan fingerprint density at radius 1 is 1.00 bits per heavy atom. The zero-order valence-corrected chi connectivity index (χ0v) is 17.8. The Kier molecular flexibility index (Phi) is 5.40. The number of rotatable bonds is 6. The van der Waals surface area contributed by atoms with Gasteiger partial charge in [0.1, 0.15) is 6.61 Å². The second-order valence-electron chi connectivity index (χ2n) is 7.75. The number of hydrogen-bond donors (Lipinski definition) is 2. The molecule has 5 nitrogen and oxygen atoms in total. The summed E-state index contributed by atoms with van der Waals surface area (Å²) in [7, 11) is 0. The van der Waals surface area contributed by atoms with Crippen LogP contribution in [0.2, 0.25) is 0 Å². The highest BCUT2D eigenvalue weighted by Crippen LogP contribution is 2.44. The molecule has 1 aliphatic rings. The maximum Gasteiger partial charge on any atom is 0.407 e. The summed E-state index contributed by atoms with van der Waals surface area (Å²) >= 11 is 1.64. The summed E-state index contributed by atoms with van der Waals surface area (Å²) in [6.07, 6.45) is 0.171. The normalized spacial score (nSPS) is 13.6. The largest absolute Gasteiger partial charge is 0.449 e. The van der Waals surface area contributed by atoms with E-state index in [1.807, 2.05) is 42.5 Å². The fraction of sp³-hybridized carbons (Fsp3) is 0.200. The van der Waals surface area contributed by atoms with Gasteiger partial charge >= 0.3 is 6.09 Å². The van der Waals surface area contributed by atoms with Crippen molar-refractivity contribution in [3.63, 3.8) is 0 Å². The molecule has 31 heavy (non-hydrogen) atoms. The summed E-state index contributed by atoms with van der Waals surface area (Å²) in [5.41, 5.74) is 12.0. The Bertz CT molecular complexity index is 1160. The van der Waals surface area contributed by atoms with Gasteiger partial charge in [-0.05, 0) is 34.4 Å². The van der Waals surface area contributed by atoms with E-state index in [4.69, 9.17) is 10.5 Å². The number of hydrogen-bond acceptors (Lipinski definition) is 5. The third-order valence-corrected chi connectivity index (χ3v) is 6.69. The minimum absolute atomic E-state index is 0.0505. The van der Waals surface area contributed by atoms with Crippen LogP contribution in [0.5, 0.6) is 0 Å². The maximum atomic E-state index is 12.3. The van der Waals surface area contributed by atoms with Crippen LogP contribution in [-0.2, 0) is 11.2 Å². The molecular weight excluding hydrogens is 406 g/mol. The molecule has 156 valence electrons. The van der Waals surface area contributed by atoms with Gasteiger partial charge in [-0.15, -0.1) is 11.3 Å². The maximum absolute atomic E-state index is 12.3. The highest BCUT2D eigenvalue weighted by molar-refractivity contribution is 7.18. The Labute approximate surface area is 184 Å². The first-order chi connectivity index (χ1) is 15.2. The molecule has 1 amide bonds. The van der Waals surface area contributed by atoms with Crippen LogP contribution in [-0.4, -0.2) is 30.3 Å². The second-order valence-corrected chi connectivity index (χ2v) is 8.86. The molecule has 0 unspecified atom stereocenters. The van der Waals surface area contributed by atoms with E-state index >= 15 is 0 Å². The highest BCUT2D eigenvalue weighted by Gasteiger charge is 2.29. The smallest absolute Gasteiger partial charge is 0.407 e. The summed E-state index contributed by atoms with van der Waals surface area (Å²) in [4.78, 5) is 16.9. The van der Waals surface area contributed by atoms with Crippen LogP contribution in [0, 0.1) is 0 Å². The summed E-state index contributed by atoms with van der Waals surface area (Å²) < 4.78 is 6.72. The molecule has 4 aromatic rings. The number of carbonyl (C=O) groups is 1. The topological polar surface area (TPSA) is 77.2 Å². The van der Waals surface area contributed by atoms with Crippen molar-refractivity contribution in [1.29, 1.82) is 0 Å². The van der Waals surface area contributed by atoms with Crippen molar-refractivity contribution < 1.29 is 9.53 Å². The number of nitrogens with zero attached hydrogens (tertiary/aromatic N) is 1. The number of ether oxygens (including phenoxy) is 1. The van der Waals surface area contributed by atoms with Crippen molar-refractivity contribution in [2.75, 3.05) is 13.2 Å². The molecule has 0 aliphatic heterocycles. The van der Waals surface area contributed by atoms with Crippen LogP contribution in [0.3, 0.4) is 0 Å². The van der Waals surface area contributed by atoms with Crippen molar-refractivity contribution in [2.24, 2.45) is 5.73 Å². The van der Waals surface area contributed by atoms with Crippen LogP contribution in [0.1, 0.15) is 22.1 Å². The van der Waals surface area contributed by atoms with Crippen molar-refractivity contribution in [2.45, 2.75) is 18.4 Å². The lowest BCUT2D eigenvalue weighted by Gasteiger charge is -2.16. The van der Waals surface area contributed by atoms with Crippen molar-refractivity contribution in [1.82, 2.24) is 10.3 Å². The van der Waals surface area contributed by atoms with Gasteiger partial charge in [0.25, 0.3) is 0 Å². The van der Waals surface area contributed by atoms with E-state index in [2.05, 4.69) is 40.6 Å². The lowest BCUT2D eigenvalue weighted by molar-refractivity contribution is 0.142. The van der Waals surface area contributed by atoms with Crippen molar-refractivity contribution in [3.05, 3.63) is 88.9 Å². The summed E-state index contributed by atoms with van der Waals surface area (Å²) in [5.74, 6) is 0.0505. The number of thiazole rings is 1. The van der Waals surface area contributed by atoms with Gasteiger partial charge in [0.2, 0.25) is 0 Å². The predicted molar refractivity (Wildman–Crippen MR) is 124 cm³/mol. The van der Waals surface area contributed by atoms with Gasteiger partial charge < -0.3 is 15.8 Å². The molecule has 1 heterocycles. The standard InChI is InChI=1S/C25H23N3O2S/c26-16(13-24-28-22-11-5-6-12-23(22)31-24)14-27-25(29)30-15-21-19-9-3-1-7-17(19)18-8-2-4-10-20(18)21/h1-12,16,21H,13-15,26H2,(H,27,29)/t16-/m1/s1. The first kappa shape index (κ1) is 19.7. The minimum atomic E-state index is -0.443. The molecule has 0 bridgehead atoms. The molecule has 0 fully saturated rings. The Morgan fingerprint density at radius 2 is 1.65 bits per heavy atom. The SMILES string of the molecule is N[C@@H](CNC(=O)OCC1c2ccccc2-c2ccccc21)Cc1nc2ccccc2s1. The number of fused-ring (bicyclic) bond motifs is 4. The molecule has 3 aromatic carbocycles. The van der Waals surface area contributed by atoms with E-state index in [-0.39, 0.29) is 12.0 Å². The lowest BCUT2D eigenvalue weighted by Crippen LogP contribution is -2.39. The number of nitrogens with one attached hydrogen (secondary N) is 1. The van der Waals surface area contributed by atoms with E-state index in [1.165, 1.54) is 22.3 Å². The zero-order chi connectivity index (χ0) is 21.2. The number of benzene rings is 3. The quantitative estimate of drug-likeness (QED) is 0.466. The molecule has 0 saturated carbocycles. The van der Waals surface area contributed by atoms with E-state index in [0.29, 0.717) is 19.6 Å². The zero-order valence-electron chi connectivity index (χ0n) is 17.0. The Balaban J connectivity index is 1.16. The molecular formula is C25H23N3O2S. The van der Waals surface area contributed by atoms with Crippen LogP contribution in [0.25, 0.3) is 21.3 Å². The number of carbonyl (C=O) groups excluding carboxylic acids is 1. The van der Waals surface area contributed by atoms with E-state index in [1.54, 1.807) is 11.3 Å². The molecule has 1 atom stereocenters. The second kappa shape index (κ2) is 8.49. The van der Waals surface area contributed by atoms with Gasteiger partial charge in [-0.2, -0.15) is 0 Å². The minimum Gasteiger partial charge on any atom is -0.449 e. The molecule has 1 aliphatic carbocycles. The summed E-state index contributed by atoms with van der Waals surface area (Å²) in [5, 5.41) is 3.77. The van der Waals surface area contributed by atoms with Crippen LogP contribution >= 0.6 is 11.3 Å². The van der Waals surface area contributed by atoms with Gasteiger partial charge in [0.15, 0.2) is 0 Å². The van der Waals surface area contributed by atoms with Crippen LogP contribution in [0.4, 0.5) is 4.79 Å². The Hall–Kier alpha value is -3.22.